The summed E-state index contributed by atoms with van der Waals surface area (Å²) in [4.78, 5) is 2.35. The van der Waals surface area contributed by atoms with E-state index in [-0.39, 0.29) is 0 Å². The van der Waals surface area contributed by atoms with Crippen molar-refractivity contribution in [3.05, 3.63) is 42.2 Å². The molecule has 1 aromatic carbocycles. The van der Waals surface area contributed by atoms with Gasteiger partial charge in [-0.25, -0.2) is 0 Å². The molecular weight excluding hydrogens is 264 g/mol. The number of nitrogens with two attached hydrogens (primary N) is 1. The summed E-state index contributed by atoms with van der Waals surface area (Å²) in [5.41, 5.74) is 8.08. The lowest BCUT2D eigenvalue weighted by molar-refractivity contribution is 0.414. The quantitative estimate of drug-likeness (QED) is 0.805. The summed E-state index contributed by atoms with van der Waals surface area (Å²) < 4.78 is 7.15. The molecule has 2 aromatic rings. The van der Waals surface area contributed by atoms with Gasteiger partial charge < -0.3 is 15.4 Å². The van der Waals surface area contributed by atoms with Crippen LogP contribution in [-0.4, -0.2) is 36.5 Å². The van der Waals surface area contributed by atoms with Crippen LogP contribution >= 0.6 is 0 Å². The molecular formula is C16H24N4O. The molecule has 0 saturated carbocycles. The van der Waals surface area contributed by atoms with E-state index in [2.05, 4.69) is 28.3 Å². The first kappa shape index (κ1) is 15.4. The minimum Gasteiger partial charge on any atom is -0.497 e. The molecule has 0 saturated heterocycles. The topological polar surface area (TPSA) is 56.3 Å². The Morgan fingerprint density at radius 1 is 1.33 bits per heavy atom. The Bertz CT molecular complexity index is 553. The summed E-state index contributed by atoms with van der Waals surface area (Å²) in [6.07, 6.45) is 5.93. The molecule has 1 heterocycles. The fourth-order valence-electron chi connectivity index (χ4n) is 2.32. The number of benzene rings is 1. The standard InChI is InChI=1S/C16H24N4O/c1-19-13-14(12-18-19)7-10-20(9-4-8-17)15-5-3-6-16(11-15)21-2/h3,5-6,11-13H,4,7-10,17H2,1-2H3. The lowest BCUT2D eigenvalue weighted by atomic mass is 10.2. The van der Waals surface area contributed by atoms with Gasteiger partial charge in [0.1, 0.15) is 5.75 Å². The van der Waals surface area contributed by atoms with Gasteiger partial charge in [0.05, 0.1) is 13.3 Å². The predicted molar refractivity (Wildman–Crippen MR) is 85.8 cm³/mol. The van der Waals surface area contributed by atoms with E-state index in [4.69, 9.17) is 10.5 Å². The van der Waals surface area contributed by atoms with Crippen LogP contribution in [0.3, 0.4) is 0 Å². The summed E-state index contributed by atoms with van der Waals surface area (Å²) in [5.74, 6) is 0.881. The van der Waals surface area contributed by atoms with Crippen LogP contribution < -0.4 is 15.4 Å². The summed E-state index contributed by atoms with van der Waals surface area (Å²) in [6.45, 7) is 2.59. The molecule has 0 atom stereocenters. The maximum Gasteiger partial charge on any atom is 0.120 e. The van der Waals surface area contributed by atoms with Gasteiger partial charge in [-0.2, -0.15) is 5.10 Å². The number of hydrogen-bond donors (Lipinski definition) is 1. The number of rotatable bonds is 8. The third-order valence-electron chi connectivity index (χ3n) is 3.48. The molecule has 0 amide bonds. The van der Waals surface area contributed by atoms with E-state index in [1.807, 2.05) is 30.1 Å². The Hall–Kier alpha value is -2.01. The molecule has 21 heavy (non-hydrogen) atoms. The molecule has 5 heteroatoms. The van der Waals surface area contributed by atoms with Crippen molar-refractivity contribution in [1.29, 1.82) is 0 Å². The predicted octanol–water partition coefficient (Wildman–Crippen LogP) is 1.83. The minimum atomic E-state index is 0.702. The number of anilines is 1. The molecule has 0 fully saturated rings. The van der Waals surface area contributed by atoms with Crippen molar-refractivity contribution in [2.45, 2.75) is 12.8 Å². The summed E-state index contributed by atoms with van der Waals surface area (Å²) in [5, 5.41) is 4.21. The molecule has 5 nitrogen and oxygen atoms in total. The van der Waals surface area contributed by atoms with Gasteiger partial charge in [-0.05, 0) is 37.1 Å². The zero-order valence-corrected chi connectivity index (χ0v) is 12.8. The van der Waals surface area contributed by atoms with Crippen LogP contribution in [-0.2, 0) is 13.5 Å². The van der Waals surface area contributed by atoms with Gasteiger partial charge in [-0.3, -0.25) is 4.68 Å². The minimum absolute atomic E-state index is 0.702. The van der Waals surface area contributed by atoms with Crippen molar-refractivity contribution in [2.24, 2.45) is 12.8 Å². The lowest BCUT2D eigenvalue weighted by Gasteiger charge is -2.25. The second-order valence-electron chi connectivity index (χ2n) is 5.10. The van der Waals surface area contributed by atoms with Gasteiger partial charge in [0, 0.05) is 38.1 Å². The van der Waals surface area contributed by atoms with Crippen molar-refractivity contribution >= 4 is 5.69 Å². The fourth-order valence-corrected chi connectivity index (χ4v) is 2.32. The highest BCUT2D eigenvalue weighted by atomic mass is 16.5. The van der Waals surface area contributed by atoms with Gasteiger partial charge in [0.15, 0.2) is 0 Å². The van der Waals surface area contributed by atoms with Crippen molar-refractivity contribution in [3.63, 3.8) is 0 Å². The molecule has 0 aliphatic heterocycles. The Labute approximate surface area is 126 Å². The third kappa shape index (κ3) is 4.49. The van der Waals surface area contributed by atoms with E-state index in [9.17, 15) is 0 Å². The monoisotopic (exact) mass is 288 g/mol. The van der Waals surface area contributed by atoms with Crippen LogP contribution in [0.15, 0.2) is 36.7 Å². The largest absolute Gasteiger partial charge is 0.497 e. The van der Waals surface area contributed by atoms with Crippen molar-refractivity contribution < 1.29 is 4.74 Å². The zero-order chi connectivity index (χ0) is 15.1. The van der Waals surface area contributed by atoms with E-state index < -0.39 is 0 Å². The number of hydrogen-bond acceptors (Lipinski definition) is 4. The maximum atomic E-state index is 5.66. The SMILES string of the molecule is COc1cccc(N(CCCN)CCc2cnn(C)c2)c1. The number of nitrogens with zero attached hydrogens (tertiary/aromatic N) is 3. The average molecular weight is 288 g/mol. The van der Waals surface area contributed by atoms with Crippen molar-refractivity contribution in [2.75, 3.05) is 31.6 Å². The number of aryl methyl sites for hydroxylation is 1. The molecule has 0 aliphatic rings. The van der Waals surface area contributed by atoms with Gasteiger partial charge in [-0.1, -0.05) is 6.07 Å². The third-order valence-corrected chi connectivity index (χ3v) is 3.48. The van der Waals surface area contributed by atoms with E-state index in [1.165, 1.54) is 11.3 Å². The summed E-state index contributed by atoms with van der Waals surface area (Å²) in [7, 11) is 3.64. The van der Waals surface area contributed by atoms with Crippen molar-refractivity contribution in [3.8, 4) is 5.75 Å². The van der Waals surface area contributed by atoms with Crippen LogP contribution in [0.2, 0.25) is 0 Å². The molecule has 0 radical (unpaired) electrons. The zero-order valence-electron chi connectivity index (χ0n) is 12.8. The summed E-state index contributed by atoms with van der Waals surface area (Å²) >= 11 is 0. The first-order valence-electron chi connectivity index (χ1n) is 7.29. The van der Waals surface area contributed by atoms with Crippen LogP contribution in [0.1, 0.15) is 12.0 Å². The molecule has 1 aromatic heterocycles. The van der Waals surface area contributed by atoms with Crippen LogP contribution in [0.5, 0.6) is 5.75 Å². The van der Waals surface area contributed by atoms with Crippen LogP contribution in [0.25, 0.3) is 0 Å². The van der Waals surface area contributed by atoms with E-state index in [0.717, 1.165) is 31.7 Å². The maximum absolute atomic E-state index is 5.66. The molecule has 0 aliphatic carbocycles. The Morgan fingerprint density at radius 2 is 2.19 bits per heavy atom. The highest BCUT2D eigenvalue weighted by molar-refractivity contribution is 5.50. The van der Waals surface area contributed by atoms with Gasteiger partial charge in [0.2, 0.25) is 0 Å². The second kappa shape index (κ2) is 7.69. The Balaban J connectivity index is 2.05. The van der Waals surface area contributed by atoms with Crippen LogP contribution in [0.4, 0.5) is 5.69 Å². The van der Waals surface area contributed by atoms with E-state index in [1.54, 1.807) is 7.11 Å². The van der Waals surface area contributed by atoms with Crippen molar-refractivity contribution in [1.82, 2.24) is 9.78 Å². The second-order valence-corrected chi connectivity index (χ2v) is 5.10. The normalized spacial score (nSPS) is 10.6. The number of methoxy groups -OCH3 is 1. The molecule has 2 rings (SSSR count). The number of ether oxygens (including phenoxy) is 1. The smallest absolute Gasteiger partial charge is 0.120 e. The Morgan fingerprint density at radius 3 is 2.86 bits per heavy atom. The first-order chi connectivity index (χ1) is 10.2. The van der Waals surface area contributed by atoms with Gasteiger partial charge in [-0.15, -0.1) is 0 Å². The lowest BCUT2D eigenvalue weighted by Crippen LogP contribution is -2.28. The Kier molecular flexibility index (Phi) is 5.63. The molecule has 2 N–H and O–H groups in total. The van der Waals surface area contributed by atoms with E-state index in [0.29, 0.717) is 6.54 Å². The fraction of sp³-hybridized carbons (Fsp3) is 0.438. The van der Waals surface area contributed by atoms with E-state index >= 15 is 0 Å². The summed E-state index contributed by atoms with van der Waals surface area (Å²) in [6, 6.07) is 8.17. The number of aromatic nitrogens is 2. The van der Waals surface area contributed by atoms with Crippen LogP contribution in [0, 0.1) is 0 Å². The molecule has 0 spiro atoms. The average Bonchev–Trinajstić information content (AvgIpc) is 2.93. The highest BCUT2D eigenvalue weighted by Crippen LogP contribution is 2.21. The van der Waals surface area contributed by atoms with Gasteiger partial charge >= 0.3 is 0 Å². The molecule has 0 bridgehead atoms. The highest BCUT2D eigenvalue weighted by Gasteiger charge is 2.08. The molecule has 0 unspecified atom stereocenters. The first-order valence-corrected chi connectivity index (χ1v) is 7.29. The van der Waals surface area contributed by atoms with Gasteiger partial charge in [0.25, 0.3) is 0 Å². The molecule has 114 valence electrons.